The number of allylic oxidation sites excluding steroid dienone is 1. The molecule has 0 saturated carbocycles. The number of carboxylic acid groups (broad SMARTS) is 1. The molecule has 1 aliphatic carbocycles. The Morgan fingerprint density at radius 2 is 1.38 bits per heavy atom. The van der Waals surface area contributed by atoms with Crippen LogP contribution in [0, 0.1) is 17.6 Å². The zero-order valence-corrected chi connectivity index (χ0v) is 56.5. The van der Waals surface area contributed by atoms with Crippen LogP contribution in [0.5, 0.6) is 5.75 Å². The number of phenolic OH excluding ortho intramolecular Hbond substituents is 1. The SMILES string of the molecule is C[C@@]12CCCN1C(=O)[C@H](Cc1ccc(O)cc1)NC(=O)[C@H](Cc1cnc[nH]1)NC(=O)[C@H](CC(=O)O)NC(=O)[C@H](CC1=CCc3ccc(F)cc31)NC(=O)[C@H](Cc1c[nH]c3ccc(F)cc13)NC(=O)CNC(=O)[C@H](CCCN)NC(=O)CCSCc1cccc(c1)CSC[C@@H](C(N)=O)CC2=O. The Hall–Kier alpha value is -9.94. The fourth-order valence-electron chi connectivity index (χ4n) is 12.5. The number of primary amides is 1. The molecule has 9 amide bonds. The zero-order chi connectivity index (χ0) is 71.6. The van der Waals surface area contributed by atoms with E-state index in [0.717, 1.165) is 11.1 Å². The van der Waals surface area contributed by atoms with Crippen molar-refractivity contribution >= 4 is 105 Å². The predicted octanol–water partition coefficient (Wildman–Crippen LogP) is 3.18. The summed E-state index contributed by atoms with van der Waals surface area (Å²) in [5, 5.41) is 39.1. The lowest BCUT2D eigenvalue weighted by molar-refractivity contribution is -0.146. The van der Waals surface area contributed by atoms with Crippen molar-refractivity contribution in [2.24, 2.45) is 17.4 Å². The number of fused-ring (bicyclic) bond motifs is 5. The maximum absolute atomic E-state index is 15.2. The monoisotopic (exact) mass is 1410 g/mol. The van der Waals surface area contributed by atoms with Crippen LogP contribution in [-0.4, -0.2) is 168 Å². The van der Waals surface area contributed by atoms with Crippen LogP contribution in [0.2, 0.25) is 0 Å². The number of H-pyrrole nitrogens is 2. The standard InChI is InChI=1S/C70H81F2N13O13S2/c1-70-19-4-21-85(70)69(98)58(24-39-8-15-49(86)16-9-39)84-67(96)56(30-48-33-75-38-78-48)82-68(97)57(31-62(90)91)83-66(95)55(25-43-11-10-42-12-13-46(71)28-50(42)43)81-65(94)54(26-44-32-76-52-17-14-47(72)29-51(44)52)80-61(89)34-77-64(93)53(7-3-20-73)79-60(88)18-22-99-35-40-5-2-6-41(23-40)36-100-37-45(63(74)92)27-59(70)87/h2,5-6,8-9,11-17,23,28-29,32-33,38,45,53-58,76,86H,3-4,7,10,18-22,24-27,30-31,34-37,73H2,1H3,(H2,74,92)(H,75,78)(H,77,93)(H,79,88)(H,80,89)(H,81,94)(H,82,97)(H,83,95)(H,84,96)(H,90,91)/t45-,53-,54-,55-,56-,57-,58-,70-/m0/s1. The maximum Gasteiger partial charge on any atom is 0.305 e. The summed E-state index contributed by atoms with van der Waals surface area (Å²) in [6.45, 7) is 1.07. The number of carboxylic acids is 1. The zero-order valence-electron chi connectivity index (χ0n) is 54.9. The molecule has 9 rings (SSSR count). The topological polar surface area (TPSA) is 412 Å². The first kappa shape index (κ1) is 74.3. The molecule has 6 aromatic rings. The summed E-state index contributed by atoms with van der Waals surface area (Å²) in [6.07, 6.45) is 4.24. The average Bonchev–Trinajstić information content (AvgIpc) is 1.57. The smallest absolute Gasteiger partial charge is 0.305 e. The minimum Gasteiger partial charge on any atom is -0.508 e. The van der Waals surface area contributed by atoms with E-state index in [1.54, 1.807) is 13.0 Å². The second-order valence-electron chi connectivity index (χ2n) is 25.3. The van der Waals surface area contributed by atoms with Gasteiger partial charge in [0.15, 0.2) is 5.78 Å². The molecule has 530 valence electrons. The number of aliphatic carboxylic acids is 1. The number of nitrogens with two attached hydrogens (primary N) is 2. The Kier molecular flexibility index (Phi) is 25.8. The number of amides is 9. The number of aromatic hydroxyl groups is 1. The molecule has 3 aliphatic rings. The van der Waals surface area contributed by atoms with Gasteiger partial charge in [-0.3, -0.25) is 52.7 Å². The van der Waals surface area contributed by atoms with E-state index in [0.29, 0.717) is 68.8 Å². The lowest BCUT2D eigenvalue weighted by Gasteiger charge is -2.37. The Morgan fingerprint density at radius 3 is 2.08 bits per heavy atom. The molecular weight excluding hydrogens is 1330 g/mol. The summed E-state index contributed by atoms with van der Waals surface area (Å²) in [7, 11) is 0. The van der Waals surface area contributed by atoms with Crippen molar-refractivity contribution < 1.29 is 71.7 Å². The number of nitrogens with zero attached hydrogens (tertiary/aromatic N) is 2. The number of benzene rings is 4. The number of hydrogen-bond acceptors (Lipinski definition) is 16. The van der Waals surface area contributed by atoms with Crippen molar-refractivity contribution in [3.63, 3.8) is 0 Å². The van der Waals surface area contributed by atoms with Crippen molar-refractivity contribution in [1.82, 2.24) is 57.1 Å². The van der Waals surface area contributed by atoms with Crippen LogP contribution in [0.1, 0.15) is 97.4 Å². The first-order valence-electron chi connectivity index (χ1n) is 32.8. The van der Waals surface area contributed by atoms with E-state index < -0.39 is 144 Å². The van der Waals surface area contributed by atoms with E-state index in [4.69, 9.17) is 11.5 Å². The number of imidazole rings is 1. The number of ketones is 1. The molecule has 2 aliphatic heterocycles. The largest absolute Gasteiger partial charge is 0.508 e. The highest BCUT2D eigenvalue weighted by Crippen LogP contribution is 2.35. The van der Waals surface area contributed by atoms with Crippen LogP contribution < -0.4 is 48.7 Å². The molecule has 1 saturated heterocycles. The molecule has 0 unspecified atom stereocenters. The van der Waals surface area contributed by atoms with Gasteiger partial charge in [-0.05, 0) is 127 Å². The predicted molar refractivity (Wildman–Crippen MR) is 369 cm³/mol. The van der Waals surface area contributed by atoms with E-state index in [-0.39, 0.29) is 81.7 Å². The Bertz CT molecular complexity index is 4040. The van der Waals surface area contributed by atoms with E-state index in [2.05, 4.69) is 52.2 Å². The van der Waals surface area contributed by atoms with Crippen LogP contribution in [0.15, 0.2) is 110 Å². The highest BCUT2D eigenvalue weighted by atomic mass is 32.2. The number of hydrogen-bond donors (Lipinski definition) is 13. The second-order valence-corrected chi connectivity index (χ2v) is 27.4. The number of phenols is 1. The fraction of sp³-hybridized carbons (Fsp3) is 0.400. The summed E-state index contributed by atoms with van der Waals surface area (Å²) < 4.78 is 29.8. The molecule has 100 heavy (non-hydrogen) atoms. The van der Waals surface area contributed by atoms with Crippen molar-refractivity contribution in [1.29, 1.82) is 0 Å². The molecule has 2 aromatic heterocycles. The second kappa shape index (κ2) is 34.7. The van der Waals surface area contributed by atoms with Gasteiger partial charge in [0.1, 0.15) is 53.6 Å². The first-order valence-corrected chi connectivity index (χ1v) is 35.1. The van der Waals surface area contributed by atoms with Gasteiger partial charge in [-0.25, -0.2) is 13.8 Å². The van der Waals surface area contributed by atoms with E-state index >= 15 is 19.2 Å². The van der Waals surface area contributed by atoms with Crippen LogP contribution in [-0.2, 0) is 89.9 Å². The molecule has 8 atom stereocenters. The van der Waals surface area contributed by atoms with Crippen LogP contribution in [0.25, 0.3) is 16.5 Å². The van der Waals surface area contributed by atoms with Gasteiger partial charge >= 0.3 is 5.97 Å². The van der Waals surface area contributed by atoms with Gasteiger partial charge in [0.2, 0.25) is 53.2 Å². The normalized spacial score (nSPS) is 23.3. The van der Waals surface area contributed by atoms with Crippen molar-refractivity contribution in [3.05, 3.63) is 160 Å². The third kappa shape index (κ3) is 20.1. The van der Waals surface area contributed by atoms with Gasteiger partial charge < -0.3 is 73.8 Å². The molecule has 15 N–H and O–H groups in total. The van der Waals surface area contributed by atoms with Gasteiger partial charge in [0.05, 0.1) is 30.7 Å². The number of halogens is 2. The minimum atomic E-state index is -2.03. The molecule has 4 heterocycles. The Labute approximate surface area is 582 Å². The molecular formula is C70H81F2N13O13S2. The lowest BCUT2D eigenvalue weighted by Crippen LogP contribution is -2.61. The third-order valence-corrected chi connectivity index (χ3v) is 20.1. The third-order valence-electron chi connectivity index (χ3n) is 17.9. The van der Waals surface area contributed by atoms with Gasteiger partial charge in [0.25, 0.3) is 0 Å². The quantitative estimate of drug-likeness (QED) is 0.0745. The Morgan fingerprint density at radius 1 is 0.720 bits per heavy atom. The number of rotatable bonds is 14. The van der Waals surface area contributed by atoms with Crippen molar-refractivity contribution in [3.8, 4) is 5.75 Å². The van der Waals surface area contributed by atoms with Crippen LogP contribution in [0.4, 0.5) is 8.78 Å². The number of aromatic nitrogens is 3. The van der Waals surface area contributed by atoms with Crippen LogP contribution in [0.3, 0.4) is 0 Å². The summed E-state index contributed by atoms with van der Waals surface area (Å²) in [5.74, 6) is -10.9. The molecule has 0 radical (unpaired) electrons. The fourth-order valence-corrected chi connectivity index (χ4v) is 14.5. The van der Waals surface area contributed by atoms with Gasteiger partial charge in [0, 0.05) is 97.1 Å². The van der Waals surface area contributed by atoms with E-state index in [9.17, 15) is 52.6 Å². The molecule has 30 heteroatoms. The van der Waals surface area contributed by atoms with Gasteiger partial charge in [-0.15, -0.1) is 0 Å². The number of thioether (sulfide) groups is 2. The maximum atomic E-state index is 15.2. The highest BCUT2D eigenvalue weighted by Gasteiger charge is 2.48. The van der Waals surface area contributed by atoms with E-state index in [1.165, 1.54) is 108 Å². The first-order chi connectivity index (χ1) is 47.9. The Balaban J connectivity index is 1.05. The summed E-state index contributed by atoms with van der Waals surface area (Å²) in [6, 6.07) is 11.7. The molecule has 0 spiro atoms. The van der Waals surface area contributed by atoms with Crippen molar-refractivity contribution in [2.75, 3.05) is 31.1 Å². The highest BCUT2D eigenvalue weighted by molar-refractivity contribution is 7.98. The van der Waals surface area contributed by atoms with Gasteiger partial charge in [-0.1, -0.05) is 48.5 Å². The van der Waals surface area contributed by atoms with Gasteiger partial charge in [-0.2, -0.15) is 23.5 Å². The number of aromatic amines is 2. The average molecular weight is 1410 g/mol. The molecule has 4 aromatic carbocycles. The number of carbonyl (C=O) groups excluding carboxylic acids is 10. The number of carbonyl (C=O) groups is 11. The summed E-state index contributed by atoms with van der Waals surface area (Å²) in [5.41, 5.74) is 15.0. The summed E-state index contributed by atoms with van der Waals surface area (Å²) in [4.78, 5) is 168. The lowest BCUT2D eigenvalue weighted by atomic mass is 9.86. The van der Waals surface area contributed by atoms with Crippen molar-refractivity contribution in [2.45, 2.75) is 137 Å². The summed E-state index contributed by atoms with van der Waals surface area (Å²) >= 11 is 2.85. The minimum absolute atomic E-state index is 0.0109. The molecule has 2 bridgehead atoms. The van der Waals surface area contributed by atoms with Crippen LogP contribution >= 0.6 is 23.5 Å². The number of Topliss-reactive ketones (excluding diaryl/α,β-unsaturated/α-hetero) is 1. The molecule has 26 nitrogen and oxygen atoms in total. The van der Waals surface area contributed by atoms with E-state index in [1.807, 2.05) is 24.3 Å². The molecule has 1 fully saturated rings. The number of nitrogens with one attached hydrogen (secondary N) is 9.